The third kappa shape index (κ3) is 3.31. The number of aromatic nitrogens is 1. The minimum absolute atomic E-state index is 0.211. The number of benzene rings is 1. The first-order valence-corrected chi connectivity index (χ1v) is 6.35. The molecule has 0 saturated carbocycles. The average Bonchev–Trinajstić information content (AvgIpc) is 2.45. The largest absolute Gasteiger partial charge is 0.451 e. The van der Waals surface area contributed by atoms with Gasteiger partial charge >= 0.3 is 0 Å². The topological polar surface area (TPSA) is 56.3 Å². The van der Waals surface area contributed by atoms with Crippen molar-refractivity contribution in [1.29, 1.82) is 0 Å². The first-order chi connectivity index (χ1) is 10.0. The number of pyridine rings is 1. The van der Waals surface area contributed by atoms with Crippen LogP contribution >= 0.6 is 0 Å². The predicted molar refractivity (Wildman–Crippen MR) is 74.3 cm³/mol. The summed E-state index contributed by atoms with van der Waals surface area (Å²) in [5, 5.41) is 0. The first kappa shape index (κ1) is 14.8. The predicted octanol–water partition coefficient (Wildman–Crippen LogP) is 2.93. The zero-order valence-electron chi connectivity index (χ0n) is 11.7. The second-order valence-electron chi connectivity index (χ2n) is 4.67. The van der Waals surface area contributed by atoms with Gasteiger partial charge in [-0.3, -0.25) is 14.6 Å². The minimum Gasteiger partial charge on any atom is -0.451 e. The molecular formula is C16H14FNO3. The SMILES string of the molecule is Cc1cc(C)c(C(=O)C(OC=O)c2ccc(F)cc2)cn1. The summed E-state index contributed by atoms with van der Waals surface area (Å²) in [5.74, 6) is -0.817. The number of hydrogen-bond donors (Lipinski definition) is 0. The second-order valence-corrected chi connectivity index (χ2v) is 4.67. The third-order valence-corrected chi connectivity index (χ3v) is 3.12. The lowest BCUT2D eigenvalue weighted by molar-refractivity contribution is -0.132. The lowest BCUT2D eigenvalue weighted by atomic mass is 9.98. The Labute approximate surface area is 121 Å². The van der Waals surface area contributed by atoms with Gasteiger partial charge < -0.3 is 4.74 Å². The van der Waals surface area contributed by atoms with Crippen LogP contribution in [0.3, 0.4) is 0 Å². The fourth-order valence-electron chi connectivity index (χ4n) is 2.08. The molecule has 1 unspecified atom stereocenters. The normalized spacial score (nSPS) is 11.8. The summed E-state index contributed by atoms with van der Waals surface area (Å²) in [5.41, 5.74) is 2.32. The highest BCUT2D eigenvalue weighted by Gasteiger charge is 2.25. The molecule has 0 saturated heterocycles. The molecule has 0 bridgehead atoms. The van der Waals surface area contributed by atoms with Gasteiger partial charge in [-0.05, 0) is 37.6 Å². The quantitative estimate of drug-likeness (QED) is 0.626. The smallest absolute Gasteiger partial charge is 0.294 e. The molecule has 4 nitrogen and oxygen atoms in total. The molecule has 1 heterocycles. The van der Waals surface area contributed by atoms with E-state index in [-0.39, 0.29) is 6.47 Å². The van der Waals surface area contributed by atoms with E-state index in [9.17, 15) is 14.0 Å². The van der Waals surface area contributed by atoms with Gasteiger partial charge in [0.05, 0.1) is 0 Å². The molecule has 0 aliphatic rings. The van der Waals surface area contributed by atoms with Crippen molar-refractivity contribution in [2.75, 3.05) is 0 Å². The molecule has 0 aliphatic carbocycles. The lowest BCUT2D eigenvalue weighted by Crippen LogP contribution is -2.17. The van der Waals surface area contributed by atoms with Crippen molar-refractivity contribution in [3.05, 3.63) is 64.7 Å². The Kier molecular flexibility index (Phi) is 4.42. The zero-order chi connectivity index (χ0) is 15.4. The lowest BCUT2D eigenvalue weighted by Gasteiger charge is -2.15. The molecule has 1 aromatic heterocycles. The molecular weight excluding hydrogens is 273 g/mol. The number of aryl methyl sites for hydroxylation is 2. The van der Waals surface area contributed by atoms with E-state index in [4.69, 9.17) is 4.74 Å². The Balaban J connectivity index is 2.39. The average molecular weight is 287 g/mol. The molecule has 5 heteroatoms. The summed E-state index contributed by atoms with van der Waals surface area (Å²) in [6.07, 6.45) is 0.351. The number of carbonyl (C=O) groups is 2. The molecule has 2 rings (SSSR count). The van der Waals surface area contributed by atoms with Gasteiger partial charge in [-0.2, -0.15) is 0 Å². The van der Waals surface area contributed by atoms with E-state index in [0.717, 1.165) is 11.3 Å². The zero-order valence-corrected chi connectivity index (χ0v) is 11.7. The Morgan fingerprint density at radius 2 is 1.95 bits per heavy atom. The van der Waals surface area contributed by atoms with Gasteiger partial charge in [0.15, 0.2) is 6.10 Å². The maximum absolute atomic E-state index is 13.0. The molecule has 21 heavy (non-hydrogen) atoms. The first-order valence-electron chi connectivity index (χ1n) is 6.35. The molecule has 0 aliphatic heterocycles. The standard InChI is InChI=1S/C16H14FNO3/c1-10-7-11(2)18-8-14(10)15(20)16(21-9-19)12-3-5-13(17)6-4-12/h3-9,16H,1-2H3. The minimum atomic E-state index is -1.11. The van der Waals surface area contributed by atoms with E-state index in [1.165, 1.54) is 30.5 Å². The Morgan fingerprint density at radius 3 is 2.52 bits per heavy atom. The summed E-state index contributed by atoms with van der Waals surface area (Å²) in [7, 11) is 0. The van der Waals surface area contributed by atoms with Gasteiger partial charge in [0.25, 0.3) is 6.47 Å². The molecule has 0 fully saturated rings. The van der Waals surface area contributed by atoms with Crippen LogP contribution in [0.1, 0.15) is 33.3 Å². The highest BCUT2D eigenvalue weighted by atomic mass is 19.1. The van der Waals surface area contributed by atoms with Gasteiger partial charge in [-0.25, -0.2) is 4.39 Å². The van der Waals surface area contributed by atoms with E-state index in [1.807, 2.05) is 6.92 Å². The summed E-state index contributed by atoms with van der Waals surface area (Å²) < 4.78 is 17.9. The van der Waals surface area contributed by atoms with Gasteiger partial charge in [0, 0.05) is 23.0 Å². The number of nitrogens with zero attached hydrogens (tertiary/aromatic N) is 1. The highest BCUT2D eigenvalue weighted by Crippen LogP contribution is 2.23. The molecule has 0 N–H and O–H groups in total. The fourth-order valence-corrected chi connectivity index (χ4v) is 2.08. The number of ether oxygens (including phenoxy) is 1. The summed E-state index contributed by atoms with van der Waals surface area (Å²) >= 11 is 0. The number of rotatable bonds is 5. The number of hydrogen-bond acceptors (Lipinski definition) is 4. The van der Waals surface area contributed by atoms with E-state index in [2.05, 4.69) is 4.98 Å². The Morgan fingerprint density at radius 1 is 1.29 bits per heavy atom. The molecule has 0 radical (unpaired) electrons. The second kappa shape index (κ2) is 6.26. The van der Waals surface area contributed by atoms with Crippen LogP contribution in [-0.4, -0.2) is 17.2 Å². The van der Waals surface area contributed by atoms with Crippen LogP contribution in [0.2, 0.25) is 0 Å². The van der Waals surface area contributed by atoms with E-state index < -0.39 is 17.7 Å². The summed E-state index contributed by atoms with van der Waals surface area (Å²) in [4.78, 5) is 27.3. The van der Waals surface area contributed by atoms with Crippen molar-refractivity contribution in [3.8, 4) is 0 Å². The van der Waals surface area contributed by atoms with Gasteiger partial charge in [0.2, 0.25) is 5.78 Å². The summed E-state index contributed by atoms with van der Waals surface area (Å²) in [6, 6.07) is 7.03. The molecule has 108 valence electrons. The van der Waals surface area contributed by atoms with Crippen LogP contribution < -0.4 is 0 Å². The highest BCUT2D eigenvalue weighted by molar-refractivity contribution is 6.01. The maximum Gasteiger partial charge on any atom is 0.294 e. The number of halogens is 1. The van der Waals surface area contributed by atoms with E-state index in [0.29, 0.717) is 11.1 Å². The molecule has 0 spiro atoms. The van der Waals surface area contributed by atoms with Crippen LogP contribution in [0.15, 0.2) is 36.5 Å². The van der Waals surface area contributed by atoms with Crippen molar-refractivity contribution in [2.24, 2.45) is 0 Å². The van der Waals surface area contributed by atoms with Gasteiger partial charge in [-0.15, -0.1) is 0 Å². The third-order valence-electron chi connectivity index (χ3n) is 3.12. The number of Topliss-reactive ketones (excluding diaryl/α,β-unsaturated/α-hetero) is 1. The Hall–Kier alpha value is -2.56. The van der Waals surface area contributed by atoms with Crippen LogP contribution in [0, 0.1) is 19.7 Å². The fraction of sp³-hybridized carbons (Fsp3) is 0.188. The van der Waals surface area contributed by atoms with Crippen LogP contribution in [0.4, 0.5) is 4.39 Å². The number of carbonyl (C=O) groups excluding carboxylic acids is 2. The molecule has 2 aromatic rings. The van der Waals surface area contributed by atoms with Crippen molar-refractivity contribution >= 4 is 12.3 Å². The van der Waals surface area contributed by atoms with E-state index in [1.54, 1.807) is 13.0 Å². The number of ketones is 1. The van der Waals surface area contributed by atoms with Gasteiger partial charge in [0.1, 0.15) is 5.82 Å². The van der Waals surface area contributed by atoms with Crippen LogP contribution in [0.5, 0.6) is 0 Å². The van der Waals surface area contributed by atoms with Crippen molar-refractivity contribution < 1.29 is 18.7 Å². The molecule has 1 aromatic carbocycles. The van der Waals surface area contributed by atoms with Crippen molar-refractivity contribution in [1.82, 2.24) is 4.98 Å². The van der Waals surface area contributed by atoms with Crippen molar-refractivity contribution in [3.63, 3.8) is 0 Å². The van der Waals surface area contributed by atoms with Crippen LogP contribution in [0.25, 0.3) is 0 Å². The van der Waals surface area contributed by atoms with Crippen LogP contribution in [-0.2, 0) is 9.53 Å². The Bertz CT molecular complexity index is 668. The van der Waals surface area contributed by atoms with Crippen molar-refractivity contribution in [2.45, 2.75) is 20.0 Å². The monoisotopic (exact) mass is 287 g/mol. The molecule has 1 atom stereocenters. The van der Waals surface area contributed by atoms with Gasteiger partial charge in [-0.1, -0.05) is 12.1 Å². The van der Waals surface area contributed by atoms with E-state index >= 15 is 0 Å². The molecule has 0 amide bonds. The summed E-state index contributed by atoms with van der Waals surface area (Å²) in [6.45, 7) is 3.81. The maximum atomic E-state index is 13.0.